The zero-order valence-electron chi connectivity index (χ0n) is 13.6. The van der Waals surface area contributed by atoms with Crippen LogP contribution in [-0.4, -0.2) is 12.0 Å². The van der Waals surface area contributed by atoms with Crippen molar-refractivity contribution in [2.45, 2.75) is 45.1 Å². The topological polar surface area (TPSA) is 24.9 Å². The van der Waals surface area contributed by atoms with Crippen LogP contribution in [0.1, 0.15) is 49.4 Å². The molecule has 1 atom stereocenters. The molecule has 0 bridgehead atoms. The molecule has 1 N–H and O–H groups in total. The van der Waals surface area contributed by atoms with E-state index in [0.717, 1.165) is 12.8 Å². The van der Waals surface area contributed by atoms with Gasteiger partial charge in [-0.05, 0) is 43.5 Å². The predicted molar refractivity (Wildman–Crippen MR) is 89.5 cm³/mol. The van der Waals surface area contributed by atoms with Gasteiger partial charge in [0.25, 0.3) is 0 Å². The van der Waals surface area contributed by atoms with Crippen molar-refractivity contribution >= 4 is 0 Å². The summed E-state index contributed by atoms with van der Waals surface area (Å²) in [6, 6.07) is 13.4. The molecule has 0 aliphatic carbocycles. The van der Waals surface area contributed by atoms with Gasteiger partial charge in [-0.1, -0.05) is 50.2 Å². The Labute approximate surface area is 128 Å². The third-order valence-electron chi connectivity index (χ3n) is 4.68. The molecule has 1 aromatic carbocycles. The molecule has 0 saturated heterocycles. The molecule has 1 aromatic heterocycles. The van der Waals surface area contributed by atoms with E-state index in [4.69, 9.17) is 0 Å². The SMILES string of the molecule is CCC(CC)(c1ccccc1)C(NC)c1cncc(C)c1. The van der Waals surface area contributed by atoms with Gasteiger partial charge in [-0.15, -0.1) is 0 Å². The van der Waals surface area contributed by atoms with Crippen LogP contribution >= 0.6 is 0 Å². The Bertz CT molecular complexity index is 559. The third kappa shape index (κ3) is 3.01. The second-order valence-corrected chi connectivity index (χ2v) is 5.75. The molecule has 112 valence electrons. The number of aryl methyl sites for hydroxylation is 1. The van der Waals surface area contributed by atoms with E-state index < -0.39 is 0 Å². The Kier molecular flexibility index (Phi) is 5.13. The average Bonchev–Trinajstić information content (AvgIpc) is 2.53. The first-order chi connectivity index (χ1) is 10.2. The van der Waals surface area contributed by atoms with E-state index in [1.807, 2.05) is 12.4 Å². The van der Waals surface area contributed by atoms with Crippen LogP contribution in [0.4, 0.5) is 0 Å². The summed E-state index contributed by atoms with van der Waals surface area (Å²) in [5.74, 6) is 0. The first kappa shape index (κ1) is 15.7. The van der Waals surface area contributed by atoms with Crippen LogP contribution in [0.2, 0.25) is 0 Å². The van der Waals surface area contributed by atoms with Crippen LogP contribution in [-0.2, 0) is 5.41 Å². The summed E-state index contributed by atoms with van der Waals surface area (Å²) in [5, 5.41) is 3.55. The highest BCUT2D eigenvalue weighted by atomic mass is 14.9. The van der Waals surface area contributed by atoms with E-state index in [1.165, 1.54) is 16.7 Å². The fraction of sp³-hybridized carbons (Fsp3) is 0.421. The van der Waals surface area contributed by atoms with Crippen molar-refractivity contribution in [2.75, 3.05) is 7.05 Å². The standard InChI is InChI=1S/C19H26N2/c1-5-19(6-2,17-10-8-7-9-11-17)18(20-4)16-12-15(3)13-21-14-16/h7-14,18,20H,5-6H2,1-4H3. The zero-order valence-corrected chi connectivity index (χ0v) is 13.6. The minimum absolute atomic E-state index is 0.0888. The lowest BCUT2D eigenvalue weighted by Crippen LogP contribution is -2.39. The van der Waals surface area contributed by atoms with Gasteiger partial charge in [0.15, 0.2) is 0 Å². The highest BCUT2D eigenvalue weighted by Crippen LogP contribution is 2.42. The smallest absolute Gasteiger partial charge is 0.0430 e. The van der Waals surface area contributed by atoms with Crippen molar-refractivity contribution in [2.24, 2.45) is 0 Å². The summed E-state index contributed by atoms with van der Waals surface area (Å²) in [4.78, 5) is 4.39. The quantitative estimate of drug-likeness (QED) is 0.849. The van der Waals surface area contributed by atoms with Crippen LogP contribution in [0.15, 0.2) is 48.8 Å². The maximum atomic E-state index is 4.39. The van der Waals surface area contributed by atoms with Crippen LogP contribution in [0, 0.1) is 6.92 Å². The number of aromatic nitrogens is 1. The number of nitrogens with one attached hydrogen (secondary N) is 1. The number of rotatable bonds is 6. The third-order valence-corrected chi connectivity index (χ3v) is 4.68. The van der Waals surface area contributed by atoms with E-state index in [0.29, 0.717) is 0 Å². The Balaban J connectivity index is 2.54. The fourth-order valence-electron chi connectivity index (χ4n) is 3.50. The number of hydrogen-bond acceptors (Lipinski definition) is 2. The molecule has 0 fully saturated rings. The minimum atomic E-state index is 0.0888. The van der Waals surface area contributed by atoms with Gasteiger partial charge in [0, 0.05) is 23.9 Å². The van der Waals surface area contributed by atoms with E-state index in [9.17, 15) is 0 Å². The highest BCUT2D eigenvalue weighted by molar-refractivity contribution is 5.33. The molecule has 0 radical (unpaired) electrons. The Morgan fingerprint density at radius 2 is 1.76 bits per heavy atom. The number of likely N-dealkylation sites (N-methyl/N-ethyl adjacent to an activating group) is 1. The zero-order chi connectivity index (χ0) is 15.3. The highest BCUT2D eigenvalue weighted by Gasteiger charge is 2.37. The summed E-state index contributed by atoms with van der Waals surface area (Å²) >= 11 is 0. The largest absolute Gasteiger partial charge is 0.312 e. The second-order valence-electron chi connectivity index (χ2n) is 5.75. The molecule has 1 unspecified atom stereocenters. The van der Waals surface area contributed by atoms with Gasteiger partial charge in [0.05, 0.1) is 0 Å². The molecule has 21 heavy (non-hydrogen) atoms. The summed E-state index contributed by atoms with van der Waals surface area (Å²) in [5.41, 5.74) is 3.97. The van der Waals surface area contributed by atoms with Gasteiger partial charge in [-0.2, -0.15) is 0 Å². The Morgan fingerprint density at radius 1 is 1.10 bits per heavy atom. The number of nitrogens with zero attached hydrogens (tertiary/aromatic N) is 1. The Morgan fingerprint density at radius 3 is 2.29 bits per heavy atom. The summed E-state index contributed by atoms with van der Waals surface area (Å²) in [6.45, 7) is 6.67. The molecule has 0 saturated carbocycles. The van der Waals surface area contributed by atoms with Crippen molar-refractivity contribution in [1.29, 1.82) is 0 Å². The maximum absolute atomic E-state index is 4.39. The lowest BCUT2D eigenvalue weighted by atomic mass is 9.68. The van der Waals surface area contributed by atoms with Gasteiger partial charge in [-0.25, -0.2) is 0 Å². The van der Waals surface area contributed by atoms with Crippen molar-refractivity contribution in [3.05, 3.63) is 65.5 Å². The van der Waals surface area contributed by atoms with E-state index in [1.54, 1.807) is 0 Å². The van der Waals surface area contributed by atoms with Gasteiger partial charge >= 0.3 is 0 Å². The van der Waals surface area contributed by atoms with Gasteiger partial charge in [0.2, 0.25) is 0 Å². The monoisotopic (exact) mass is 282 g/mol. The number of hydrogen-bond donors (Lipinski definition) is 1. The summed E-state index contributed by atoms with van der Waals surface area (Å²) in [6.07, 6.45) is 6.09. The fourth-order valence-corrected chi connectivity index (χ4v) is 3.50. The molecule has 0 aliphatic heterocycles. The first-order valence-electron chi connectivity index (χ1n) is 7.82. The van der Waals surface area contributed by atoms with Crippen molar-refractivity contribution < 1.29 is 0 Å². The molecular weight excluding hydrogens is 256 g/mol. The molecule has 0 spiro atoms. The molecule has 0 amide bonds. The average molecular weight is 282 g/mol. The molecular formula is C19H26N2. The number of pyridine rings is 1. The van der Waals surface area contributed by atoms with Crippen molar-refractivity contribution in [3.63, 3.8) is 0 Å². The second kappa shape index (κ2) is 6.86. The predicted octanol–water partition coefficient (Wildman–Crippen LogP) is 4.41. The van der Waals surface area contributed by atoms with Crippen LogP contribution in [0.5, 0.6) is 0 Å². The van der Waals surface area contributed by atoms with E-state index in [-0.39, 0.29) is 11.5 Å². The molecule has 0 aliphatic rings. The normalized spacial score (nSPS) is 13.1. The van der Waals surface area contributed by atoms with Crippen LogP contribution in [0.3, 0.4) is 0 Å². The van der Waals surface area contributed by atoms with Crippen molar-refractivity contribution in [1.82, 2.24) is 10.3 Å². The van der Waals surface area contributed by atoms with E-state index >= 15 is 0 Å². The minimum Gasteiger partial charge on any atom is -0.312 e. The number of benzene rings is 1. The summed E-state index contributed by atoms with van der Waals surface area (Å²) in [7, 11) is 2.05. The van der Waals surface area contributed by atoms with Crippen LogP contribution in [0.25, 0.3) is 0 Å². The molecule has 2 nitrogen and oxygen atoms in total. The summed E-state index contributed by atoms with van der Waals surface area (Å²) < 4.78 is 0. The van der Waals surface area contributed by atoms with Crippen molar-refractivity contribution in [3.8, 4) is 0 Å². The van der Waals surface area contributed by atoms with Crippen LogP contribution < -0.4 is 5.32 Å². The molecule has 2 heteroatoms. The first-order valence-corrected chi connectivity index (χ1v) is 7.82. The molecule has 2 rings (SSSR count). The maximum Gasteiger partial charge on any atom is 0.0430 e. The lowest BCUT2D eigenvalue weighted by molar-refractivity contribution is 0.286. The van der Waals surface area contributed by atoms with Gasteiger partial charge in [-0.3, -0.25) is 4.98 Å². The van der Waals surface area contributed by atoms with Gasteiger partial charge < -0.3 is 5.32 Å². The molecule has 1 heterocycles. The van der Waals surface area contributed by atoms with E-state index in [2.05, 4.69) is 74.5 Å². The van der Waals surface area contributed by atoms with Gasteiger partial charge in [0.1, 0.15) is 0 Å². The lowest BCUT2D eigenvalue weighted by Gasteiger charge is -2.40. The molecule has 2 aromatic rings. The Hall–Kier alpha value is -1.67.